The largest absolute Gasteiger partial charge is 0.423 e. The summed E-state index contributed by atoms with van der Waals surface area (Å²) >= 11 is 3.33. The molecule has 1 aliphatic carbocycles. The zero-order chi connectivity index (χ0) is 16.7. The molecule has 3 aromatic rings. The number of halogens is 1. The van der Waals surface area contributed by atoms with Gasteiger partial charge in [-0.2, -0.15) is 0 Å². The second kappa shape index (κ2) is 5.91. The quantitative estimate of drug-likeness (QED) is 0.376. The number of ether oxygens (including phenoxy) is 1. The number of aryl methyl sites for hydroxylation is 1. The molecular weight excluding hydrogens is 372 g/mol. The Hall–Kier alpha value is -2.40. The molecule has 0 bridgehead atoms. The number of rotatable bonds is 2. The van der Waals surface area contributed by atoms with Gasteiger partial charge in [0.15, 0.2) is 0 Å². The molecular formula is C19H13BrO4. The van der Waals surface area contributed by atoms with Gasteiger partial charge in [0.25, 0.3) is 0 Å². The lowest BCUT2D eigenvalue weighted by Crippen LogP contribution is -2.09. The first-order valence-electron chi connectivity index (χ1n) is 7.68. The van der Waals surface area contributed by atoms with E-state index in [1.165, 1.54) is 0 Å². The first-order chi connectivity index (χ1) is 11.6. The van der Waals surface area contributed by atoms with E-state index in [9.17, 15) is 9.59 Å². The zero-order valence-corrected chi connectivity index (χ0v) is 14.3. The van der Waals surface area contributed by atoms with Crippen LogP contribution in [0.25, 0.3) is 11.0 Å². The van der Waals surface area contributed by atoms with Crippen LogP contribution in [0.1, 0.15) is 27.9 Å². The van der Waals surface area contributed by atoms with Gasteiger partial charge in [-0.3, -0.25) is 0 Å². The van der Waals surface area contributed by atoms with E-state index < -0.39 is 5.97 Å². The molecule has 0 fully saturated rings. The van der Waals surface area contributed by atoms with Crippen molar-refractivity contribution in [1.29, 1.82) is 0 Å². The third-order valence-electron chi connectivity index (χ3n) is 4.22. The lowest BCUT2D eigenvalue weighted by atomic mass is 10.1. The van der Waals surface area contributed by atoms with Gasteiger partial charge in [-0.1, -0.05) is 22.0 Å². The van der Waals surface area contributed by atoms with Gasteiger partial charge in [-0.25, -0.2) is 9.59 Å². The number of esters is 1. The normalized spacial score (nSPS) is 13.0. The van der Waals surface area contributed by atoms with Crippen LogP contribution in [-0.2, 0) is 12.8 Å². The molecule has 2 aromatic carbocycles. The Morgan fingerprint density at radius 3 is 2.75 bits per heavy atom. The molecule has 1 heterocycles. The average Bonchev–Trinajstić information content (AvgIpc) is 3.05. The molecule has 5 heteroatoms. The molecule has 4 nitrogen and oxygen atoms in total. The van der Waals surface area contributed by atoms with Crippen LogP contribution in [0.3, 0.4) is 0 Å². The Balaban J connectivity index is 1.70. The van der Waals surface area contributed by atoms with Crippen molar-refractivity contribution in [3.8, 4) is 5.75 Å². The fourth-order valence-corrected chi connectivity index (χ4v) is 3.51. The van der Waals surface area contributed by atoms with Gasteiger partial charge in [0.2, 0.25) is 0 Å². The highest BCUT2D eigenvalue weighted by Gasteiger charge is 2.20. The maximum atomic E-state index is 12.2. The Labute approximate surface area is 146 Å². The predicted octanol–water partition coefficient (Wildman–Crippen LogP) is 4.26. The standard InChI is InChI=1S/C19H13BrO4/c20-12-4-1-3-11(9-12)18(21)23-13-7-8-15-14-5-2-6-16(14)19(22)24-17(15)10-13/h1,3-4,7-10H,2,5-6H2. The number of benzene rings is 2. The van der Waals surface area contributed by atoms with Crippen molar-refractivity contribution in [3.05, 3.63) is 74.0 Å². The van der Waals surface area contributed by atoms with Crippen LogP contribution in [0.4, 0.5) is 0 Å². The lowest BCUT2D eigenvalue weighted by molar-refractivity contribution is 0.0735. The van der Waals surface area contributed by atoms with E-state index in [1.54, 1.807) is 30.3 Å². The number of hydrogen-bond donors (Lipinski definition) is 0. The molecule has 0 radical (unpaired) electrons. The molecule has 0 saturated carbocycles. The number of fused-ring (bicyclic) bond motifs is 3. The topological polar surface area (TPSA) is 56.5 Å². The van der Waals surface area contributed by atoms with Gasteiger partial charge < -0.3 is 9.15 Å². The summed E-state index contributed by atoms with van der Waals surface area (Å²) < 4.78 is 11.6. The molecule has 0 N–H and O–H groups in total. The van der Waals surface area contributed by atoms with Crippen LogP contribution >= 0.6 is 15.9 Å². The fourth-order valence-electron chi connectivity index (χ4n) is 3.11. The van der Waals surface area contributed by atoms with Gasteiger partial charge in [0, 0.05) is 21.5 Å². The summed E-state index contributed by atoms with van der Waals surface area (Å²) in [5.74, 6) is -0.104. The molecule has 0 aliphatic heterocycles. The summed E-state index contributed by atoms with van der Waals surface area (Å²) in [6, 6.07) is 12.2. The smallest absolute Gasteiger partial charge is 0.343 e. The van der Waals surface area contributed by atoms with E-state index in [0.717, 1.165) is 40.2 Å². The summed E-state index contributed by atoms with van der Waals surface area (Å²) in [4.78, 5) is 24.3. The summed E-state index contributed by atoms with van der Waals surface area (Å²) in [5, 5.41) is 0.921. The zero-order valence-electron chi connectivity index (χ0n) is 12.7. The van der Waals surface area contributed by atoms with E-state index in [2.05, 4.69) is 15.9 Å². The van der Waals surface area contributed by atoms with Crippen molar-refractivity contribution in [2.24, 2.45) is 0 Å². The second-order valence-electron chi connectivity index (χ2n) is 5.76. The Bertz CT molecular complexity index is 1020. The van der Waals surface area contributed by atoms with Crippen LogP contribution < -0.4 is 10.4 Å². The Morgan fingerprint density at radius 2 is 1.92 bits per heavy atom. The van der Waals surface area contributed by atoms with E-state index in [4.69, 9.17) is 9.15 Å². The van der Waals surface area contributed by atoms with Crippen molar-refractivity contribution in [3.63, 3.8) is 0 Å². The van der Waals surface area contributed by atoms with Crippen LogP contribution in [-0.4, -0.2) is 5.97 Å². The third kappa shape index (κ3) is 2.65. The highest BCUT2D eigenvalue weighted by molar-refractivity contribution is 9.10. The third-order valence-corrected chi connectivity index (χ3v) is 4.71. The van der Waals surface area contributed by atoms with E-state index >= 15 is 0 Å². The SMILES string of the molecule is O=C(Oc1ccc2c3c(c(=O)oc2c1)CCC3)c1cccc(Br)c1. The van der Waals surface area contributed by atoms with Crippen LogP contribution in [0.15, 0.2) is 56.1 Å². The maximum absolute atomic E-state index is 12.2. The summed E-state index contributed by atoms with van der Waals surface area (Å²) in [5.41, 5.74) is 2.46. The van der Waals surface area contributed by atoms with Gasteiger partial charge in [0.05, 0.1) is 5.56 Å². The Kier molecular flexibility index (Phi) is 3.73. The molecule has 1 aliphatic rings. The molecule has 24 heavy (non-hydrogen) atoms. The molecule has 1 aromatic heterocycles. The van der Waals surface area contributed by atoms with Gasteiger partial charge in [-0.05, 0) is 55.2 Å². The summed E-state index contributed by atoms with van der Waals surface area (Å²) in [6.45, 7) is 0. The number of carbonyl (C=O) groups excluding carboxylic acids is 1. The lowest BCUT2D eigenvalue weighted by Gasteiger charge is -2.07. The first-order valence-corrected chi connectivity index (χ1v) is 8.47. The second-order valence-corrected chi connectivity index (χ2v) is 6.67. The van der Waals surface area contributed by atoms with E-state index in [1.807, 2.05) is 12.1 Å². The molecule has 0 spiro atoms. The number of hydrogen-bond acceptors (Lipinski definition) is 4. The molecule has 0 amide bonds. The minimum absolute atomic E-state index is 0.287. The maximum Gasteiger partial charge on any atom is 0.343 e. The first kappa shape index (κ1) is 15.1. The summed E-state index contributed by atoms with van der Waals surface area (Å²) in [7, 11) is 0. The van der Waals surface area contributed by atoms with Crippen molar-refractivity contribution in [2.75, 3.05) is 0 Å². The van der Waals surface area contributed by atoms with Crippen molar-refractivity contribution < 1.29 is 13.9 Å². The highest BCUT2D eigenvalue weighted by Crippen LogP contribution is 2.29. The molecule has 4 rings (SSSR count). The van der Waals surface area contributed by atoms with Gasteiger partial charge >= 0.3 is 11.6 Å². The number of carbonyl (C=O) groups is 1. The molecule has 0 atom stereocenters. The summed E-state index contributed by atoms with van der Waals surface area (Å²) in [6.07, 6.45) is 2.63. The van der Waals surface area contributed by atoms with Crippen molar-refractivity contribution in [1.82, 2.24) is 0 Å². The fraction of sp³-hybridized carbons (Fsp3) is 0.158. The molecule has 120 valence electrons. The van der Waals surface area contributed by atoms with Gasteiger partial charge in [-0.15, -0.1) is 0 Å². The predicted molar refractivity (Wildman–Crippen MR) is 93.6 cm³/mol. The van der Waals surface area contributed by atoms with E-state index in [0.29, 0.717) is 16.9 Å². The Morgan fingerprint density at radius 1 is 1.08 bits per heavy atom. The van der Waals surface area contributed by atoms with Crippen molar-refractivity contribution >= 4 is 32.9 Å². The van der Waals surface area contributed by atoms with Crippen LogP contribution in [0.2, 0.25) is 0 Å². The van der Waals surface area contributed by atoms with Crippen molar-refractivity contribution in [2.45, 2.75) is 19.3 Å². The minimum atomic E-state index is -0.459. The highest BCUT2D eigenvalue weighted by atomic mass is 79.9. The average molecular weight is 385 g/mol. The molecule has 0 saturated heterocycles. The minimum Gasteiger partial charge on any atom is -0.423 e. The molecule has 0 unspecified atom stereocenters. The van der Waals surface area contributed by atoms with E-state index in [-0.39, 0.29) is 5.63 Å². The van der Waals surface area contributed by atoms with Crippen LogP contribution in [0, 0.1) is 0 Å². The van der Waals surface area contributed by atoms with Gasteiger partial charge in [0.1, 0.15) is 11.3 Å². The monoisotopic (exact) mass is 384 g/mol. The van der Waals surface area contributed by atoms with Crippen LogP contribution in [0.5, 0.6) is 5.75 Å².